The molecule has 2 atom stereocenters. The van der Waals surface area contributed by atoms with E-state index in [1.54, 1.807) is 0 Å². The van der Waals surface area contributed by atoms with E-state index in [2.05, 4.69) is 4.90 Å². The van der Waals surface area contributed by atoms with Gasteiger partial charge in [-0.1, -0.05) is 36.8 Å². The molecule has 2 saturated heterocycles. The number of fused-ring (bicyclic) bond motifs is 2. The Labute approximate surface area is 161 Å². The molecule has 2 bridgehead atoms. The van der Waals surface area contributed by atoms with E-state index in [-0.39, 0.29) is 18.2 Å². The van der Waals surface area contributed by atoms with Gasteiger partial charge in [-0.3, -0.25) is 9.69 Å². The fourth-order valence-corrected chi connectivity index (χ4v) is 4.74. The average Bonchev–Trinajstić information content (AvgIpc) is 2.67. The topological polar surface area (TPSA) is 20.3 Å². The molecule has 0 aromatic heterocycles. The smallest absolute Gasteiger partial charge is 0.172 e. The predicted octanol–water partition coefficient (Wildman–Crippen LogP) is 5.26. The fraction of sp³-hybridized carbons (Fsp3) is 0.409. The van der Waals surface area contributed by atoms with Gasteiger partial charge >= 0.3 is 0 Å². The fourth-order valence-electron chi connectivity index (χ4n) is 4.74. The Morgan fingerprint density at radius 1 is 0.929 bits per heavy atom. The molecule has 2 nitrogen and oxygen atoms in total. The lowest BCUT2D eigenvalue weighted by Crippen LogP contribution is -2.52. The van der Waals surface area contributed by atoms with Gasteiger partial charge in [0.1, 0.15) is 0 Å². The zero-order chi connectivity index (χ0) is 19.8. The molecule has 148 valence electrons. The second kappa shape index (κ2) is 7.66. The summed E-state index contributed by atoms with van der Waals surface area (Å²) in [5.41, 5.74) is 0.102. The molecule has 0 amide bonds. The molecule has 2 aliphatic heterocycles. The van der Waals surface area contributed by atoms with Crippen LogP contribution in [-0.2, 0) is 6.54 Å². The Balaban J connectivity index is 1.57. The van der Waals surface area contributed by atoms with Crippen LogP contribution in [0.15, 0.2) is 36.4 Å². The van der Waals surface area contributed by atoms with Crippen molar-refractivity contribution in [3.05, 3.63) is 70.8 Å². The van der Waals surface area contributed by atoms with Crippen molar-refractivity contribution in [3.8, 4) is 0 Å². The lowest BCUT2D eigenvalue weighted by molar-refractivity contribution is 0.00877. The van der Waals surface area contributed by atoms with Crippen LogP contribution in [0, 0.1) is 29.2 Å². The Morgan fingerprint density at radius 2 is 1.50 bits per heavy atom. The lowest BCUT2D eigenvalue weighted by Gasteiger charge is -2.48. The number of nitrogens with zero attached hydrogens (tertiary/aromatic N) is 1. The Kier molecular flexibility index (Phi) is 5.23. The van der Waals surface area contributed by atoms with Gasteiger partial charge in [0.2, 0.25) is 0 Å². The monoisotopic (exact) mass is 391 g/mol. The summed E-state index contributed by atoms with van der Waals surface area (Å²) in [6.45, 7) is 0.758. The molecule has 0 radical (unpaired) electrons. The maximum absolute atomic E-state index is 14.1. The number of hydrogen-bond donors (Lipinski definition) is 0. The van der Waals surface area contributed by atoms with Gasteiger partial charge in [-0.2, -0.15) is 0 Å². The van der Waals surface area contributed by atoms with E-state index < -0.39 is 40.5 Å². The maximum atomic E-state index is 14.1. The molecular weight excluding hydrogens is 370 g/mol. The van der Waals surface area contributed by atoms with E-state index in [0.717, 1.165) is 25.8 Å². The standard InChI is InChI=1S/C22H21F4NO/c23-17-11-18(24)21(26)19(20(17)25)22(28)14-9-15-7-4-8-16(10-14)27(15)12-13-5-2-1-3-6-13/h1-3,5-6,11,14-16H,4,7-10,12H2. The summed E-state index contributed by atoms with van der Waals surface area (Å²) in [4.78, 5) is 15.2. The van der Waals surface area contributed by atoms with E-state index in [1.807, 2.05) is 30.3 Å². The van der Waals surface area contributed by atoms with Crippen molar-refractivity contribution in [1.82, 2.24) is 4.90 Å². The van der Waals surface area contributed by atoms with Crippen LogP contribution in [0.2, 0.25) is 0 Å². The Morgan fingerprint density at radius 3 is 2.07 bits per heavy atom. The molecule has 4 rings (SSSR count). The number of ketones is 1. The highest BCUT2D eigenvalue weighted by Gasteiger charge is 2.42. The Hall–Kier alpha value is -2.21. The molecule has 0 N–H and O–H groups in total. The van der Waals surface area contributed by atoms with Gasteiger partial charge in [0.25, 0.3) is 0 Å². The van der Waals surface area contributed by atoms with Crippen molar-refractivity contribution in [3.63, 3.8) is 0 Å². The first-order valence-electron chi connectivity index (χ1n) is 9.62. The van der Waals surface area contributed by atoms with E-state index in [1.165, 1.54) is 5.56 Å². The predicted molar refractivity (Wildman–Crippen MR) is 96.7 cm³/mol. The van der Waals surface area contributed by atoms with Crippen molar-refractivity contribution in [2.45, 2.75) is 50.7 Å². The van der Waals surface area contributed by atoms with Crippen molar-refractivity contribution in [2.75, 3.05) is 0 Å². The summed E-state index contributed by atoms with van der Waals surface area (Å²) >= 11 is 0. The second-order valence-electron chi connectivity index (χ2n) is 7.77. The third-order valence-corrected chi connectivity index (χ3v) is 6.06. The van der Waals surface area contributed by atoms with Gasteiger partial charge in [-0.05, 0) is 31.2 Å². The van der Waals surface area contributed by atoms with Gasteiger partial charge < -0.3 is 0 Å². The SMILES string of the molecule is O=C(c1c(F)c(F)cc(F)c1F)C1CC2CCCC(C1)N2Cc1ccccc1. The van der Waals surface area contributed by atoms with Crippen molar-refractivity contribution < 1.29 is 22.4 Å². The van der Waals surface area contributed by atoms with Crippen LogP contribution in [0.4, 0.5) is 17.6 Å². The van der Waals surface area contributed by atoms with Crippen molar-refractivity contribution >= 4 is 5.78 Å². The summed E-state index contributed by atoms with van der Waals surface area (Å²) in [7, 11) is 0. The molecule has 0 saturated carbocycles. The molecule has 2 aromatic rings. The second-order valence-corrected chi connectivity index (χ2v) is 7.77. The number of piperidine rings is 2. The highest BCUT2D eigenvalue weighted by Crippen LogP contribution is 2.40. The number of carbonyl (C=O) groups is 1. The maximum Gasteiger partial charge on any atom is 0.172 e. The number of hydrogen-bond acceptors (Lipinski definition) is 2. The molecule has 0 spiro atoms. The normalized spacial score (nSPS) is 24.9. The van der Waals surface area contributed by atoms with Crippen LogP contribution in [-0.4, -0.2) is 22.8 Å². The minimum Gasteiger partial charge on any atom is -0.294 e. The van der Waals surface area contributed by atoms with Crippen LogP contribution in [0.25, 0.3) is 0 Å². The average molecular weight is 391 g/mol. The molecule has 0 aliphatic carbocycles. The molecule has 2 aromatic carbocycles. The minimum absolute atomic E-state index is 0.117. The minimum atomic E-state index is -1.60. The summed E-state index contributed by atoms with van der Waals surface area (Å²) in [5, 5.41) is 0. The van der Waals surface area contributed by atoms with Gasteiger partial charge in [0, 0.05) is 30.6 Å². The van der Waals surface area contributed by atoms with Crippen LogP contribution >= 0.6 is 0 Å². The molecule has 28 heavy (non-hydrogen) atoms. The van der Waals surface area contributed by atoms with Crippen LogP contribution in [0.3, 0.4) is 0 Å². The van der Waals surface area contributed by atoms with Gasteiger partial charge in [0.05, 0.1) is 5.56 Å². The first kappa shape index (κ1) is 19.1. The first-order chi connectivity index (χ1) is 13.5. The van der Waals surface area contributed by atoms with Crippen LogP contribution in [0.5, 0.6) is 0 Å². The summed E-state index contributed by atoms with van der Waals surface area (Å²) in [6, 6.07) is 10.4. The summed E-state index contributed by atoms with van der Waals surface area (Å²) in [5.74, 6) is -7.73. The highest BCUT2D eigenvalue weighted by atomic mass is 19.2. The van der Waals surface area contributed by atoms with E-state index in [0.29, 0.717) is 12.8 Å². The quantitative estimate of drug-likeness (QED) is 0.403. The zero-order valence-electron chi connectivity index (χ0n) is 15.3. The third kappa shape index (κ3) is 3.46. The Bertz CT molecular complexity index is 846. The van der Waals surface area contributed by atoms with Gasteiger partial charge in [0.15, 0.2) is 29.1 Å². The number of rotatable bonds is 4. The van der Waals surface area contributed by atoms with Crippen LogP contribution < -0.4 is 0 Å². The zero-order valence-corrected chi connectivity index (χ0v) is 15.3. The van der Waals surface area contributed by atoms with Crippen molar-refractivity contribution in [1.29, 1.82) is 0 Å². The van der Waals surface area contributed by atoms with E-state index >= 15 is 0 Å². The number of Topliss-reactive ketones (excluding diaryl/α,β-unsaturated/α-hetero) is 1. The first-order valence-corrected chi connectivity index (χ1v) is 9.62. The third-order valence-electron chi connectivity index (χ3n) is 6.06. The number of halogens is 4. The van der Waals surface area contributed by atoms with E-state index in [9.17, 15) is 22.4 Å². The van der Waals surface area contributed by atoms with Crippen LogP contribution in [0.1, 0.15) is 48.0 Å². The number of carbonyl (C=O) groups excluding carboxylic acids is 1. The molecule has 2 heterocycles. The largest absolute Gasteiger partial charge is 0.294 e. The molecule has 2 fully saturated rings. The lowest BCUT2D eigenvalue weighted by atomic mass is 9.75. The van der Waals surface area contributed by atoms with E-state index in [4.69, 9.17) is 0 Å². The summed E-state index contributed by atoms with van der Waals surface area (Å²) in [6.07, 6.45) is 3.72. The molecule has 2 unspecified atom stereocenters. The van der Waals surface area contributed by atoms with Gasteiger partial charge in [-0.25, -0.2) is 17.6 Å². The van der Waals surface area contributed by atoms with Gasteiger partial charge in [-0.15, -0.1) is 0 Å². The number of benzene rings is 2. The highest BCUT2D eigenvalue weighted by molar-refractivity contribution is 5.98. The molecule has 2 aliphatic rings. The molecule has 6 heteroatoms. The summed E-state index contributed by atoms with van der Waals surface area (Å²) < 4.78 is 55.3. The van der Waals surface area contributed by atoms with Crippen molar-refractivity contribution in [2.24, 2.45) is 5.92 Å². The molecular formula is C22H21F4NO.